The minimum atomic E-state index is -0.315. The summed E-state index contributed by atoms with van der Waals surface area (Å²) in [5.74, 6) is -0.0356. The van der Waals surface area contributed by atoms with Crippen molar-refractivity contribution >= 4 is 10.9 Å². The first kappa shape index (κ1) is 10.5. The summed E-state index contributed by atoms with van der Waals surface area (Å²) < 4.78 is 18.4. The van der Waals surface area contributed by atoms with Gasteiger partial charge in [0.05, 0.1) is 17.8 Å². The lowest BCUT2D eigenvalue weighted by atomic mass is 10.0. The lowest BCUT2D eigenvalue weighted by Gasteiger charge is -2.10. The Labute approximate surface area is 97.9 Å². The van der Waals surface area contributed by atoms with Crippen molar-refractivity contribution in [2.45, 2.75) is 12.3 Å². The Morgan fingerprint density at radius 3 is 3.00 bits per heavy atom. The largest absolute Gasteiger partial charge is 0.506 e. The van der Waals surface area contributed by atoms with Gasteiger partial charge in [-0.15, -0.1) is 0 Å². The fourth-order valence-corrected chi connectivity index (χ4v) is 2.19. The standard InChI is InChI=1S/C13H12FNO2/c14-10-2-1-8-5-12(16)13(15-11(8)6-10)9-3-4-17-7-9/h1-2,5-6,9,16H,3-4,7H2. The maximum atomic E-state index is 13.1. The highest BCUT2D eigenvalue weighted by molar-refractivity contribution is 5.80. The first-order valence-corrected chi connectivity index (χ1v) is 5.61. The molecule has 17 heavy (non-hydrogen) atoms. The minimum Gasteiger partial charge on any atom is -0.506 e. The molecule has 1 atom stereocenters. The van der Waals surface area contributed by atoms with Gasteiger partial charge in [0.2, 0.25) is 0 Å². The average molecular weight is 233 g/mol. The molecule has 3 rings (SSSR count). The van der Waals surface area contributed by atoms with Crippen LogP contribution in [0.15, 0.2) is 24.3 Å². The van der Waals surface area contributed by atoms with Gasteiger partial charge in [0.1, 0.15) is 11.6 Å². The molecular weight excluding hydrogens is 221 g/mol. The second-order valence-electron chi connectivity index (χ2n) is 4.29. The highest BCUT2D eigenvalue weighted by atomic mass is 19.1. The zero-order valence-electron chi connectivity index (χ0n) is 9.19. The smallest absolute Gasteiger partial charge is 0.138 e. The third kappa shape index (κ3) is 1.85. The lowest BCUT2D eigenvalue weighted by Crippen LogP contribution is -2.01. The summed E-state index contributed by atoms with van der Waals surface area (Å²) in [5, 5.41) is 10.7. The predicted octanol–water partition coefficient (Wildman–Crippen LogP) is 2.58. The average Bonchev–Trinajstić information content (AvgIpc) is 2.82. The molecule has 1 fully saturated rings. The molecule has 0 aliphatic carbocycles. The van der Waals surface area contributed by atoms with E-state index in [1.807, 2.05) is 0 Å². The molecule has 1 aromatic heterocycles. The highest BCUT2D eigenvalue weighted by Gasteiger charge is 2.22. The Morgan fingerprint density at radius 2 is 2.24 bits per heavy atom. The van der Waals surface area contributed by atoms with Crippen molar-refractivity contribution in [3.05, 3.63) is 35.8 Å². The van der Waals surface area contributed by atoms with Gasteiger partial charge in [-0.2, -0.15) is 0 Å². The van der Waals surface area contributed by atoms with Gasteiger partial charge < -0.3 is 9.84 Å². The van der Waals surface area contributed by atoms with E-state index in [4.69, 9.17) is 4.74 Å². The van der Waals surface area contributed by atoms with Crippen LogP contribution in [0.3, 0.4) is 0 Å². The quantitative estimate of drug-likeness (QED) is 0.823. The van der Waals surface area contributed by atoms with E-state index in [1.165, 1.54) is 12.1 Å². The summed E-state index contributed by atoms with van der Waals surface area (Å²) in [7, 11) is 0. The summed E-state index contributed by atoms with van der Waals surface area (Å²) in [4.78, 5) is 4.35. The van der Waals surface area contributed by atoms with E-state index in [0.29, 0.717) is 24.4 Å². The molecule has 0 saturated carbocycles. The third-order valence-corrected chi connectivity index (χ3v) is 3.10. The van der Waals surface area contributed by atoms with Crippen LogP contribution in [-0.2, 0) is 4.74 Å². The Bertz CT molecular complexity index is 565. The van der Waals surface area contributed by atoms with E-state index in [-0.39, 0.29) is 17.5 Å². The zero-order valence-corrected chi connectivity index (χ0v) is 9.19. The van der Waals surface area contributed by atoms with Gasteiger partial charge in [0.25, 0.3) is 0 Å². The molecule has 0 bridgehead atoms. The lowest BCUT2D eigenvalue weighted by molar-refractivity contribution is 0.193. The third-order valence-electron chi connectivity index (χ3n) is 3.10. The molecule has 1 aliphatic heterocycles. The Morgan fingerprint density at radius 1 is 1.35 bits per heavy atom. The number of rotatable bonds is 1. The molecule has 1 unspecified atom stereocenters. The van der Waals surface area contributed by atoms with Crippen LogP contribution in [-0.4, -0.2) is 23.3 Å². The summed E-state index contributed by atoms with van der Waals surface area (Å²) in [6, 6.07) is 6.00. The van der Waals surface area contributed by atoms with Crippen LogP contribution in [0.2, 0.25) is 0 Å². The van der Waals surface area contributed by atoms with Crippen molar-refractivity contribution in [2.75, 3.05) is 13.2 Å². The number of pyridine rings is 1. The van der Waals surface area contributed by atoms with Crippen LogP contribution in [0.25, 0.3) is 10.9 Å². The Kier molecular flexibility index (Phi) is 2.44. The minimum absolute atomic E-state index is 0.114. The van der Waals surface area contributed by atoms with Crippen molar-refractivity contribution in [1.29, 1.82) is 0 Å². The van der Waals surface area contributed by atoms with Gasteiger partial charge >= 0.3 is 0 Å². The number of aromatic nitrogens is 1. The molecule has 0 spiro atoms. The molecule has 0 amide bonds. The zero-order chi connectivity index (χ0) is 11.8. The maximum absolute atomic E-state index is 13.1. The fourth-order valence-electron chi connectivity index (χ4n) is 2.19. The summed E-state index contributed by atoms with van der Waals surface area (Å²) in [6.45, 7) is 1.26. The van der Waals surface area contributed by atoms with E-state index in [9.17, 15) is 9.50 Å². The monoisotopic (exact) mass is 233 g/mol. The van der Waals surface area contributed by atoms with Crippen molar-refractivity contribution in [2.24, 2.45) is 0 Å². The van der Waals surface area contributed by atoms with Gasteiger partial charge in [-0.1, -0.05) is 0 Å². The van der Waals surface area contributed by atoms with Crippen molar-refractivity contribution in [3.8, 4) is 5.75 Å². The van der Waals surface area contributed by atoms with Gasteiger partial charge in [-0.3, -0.25) is 0 Å². The fraction of sp³-hybridized carbons (Fsp3) is 0.308. The number of aromatic hydroxyl groups is 1. The molecule has 88 valence electrons. The number of ether oxygens (including phenoxy) is 1. The van der Waals surface area contributed by atoms with Crippen LogP contribution in [0, 0.1) is 5.82 Å². The second-order valence-corrected chi connectivity index (χ2v) is 4.29. The number of fused-ring (bicyclic) bond motifs is 1. The molecule has 0 radical (unpaired) electrons. The molecule has 2 aromatic rings. The van der Waals surface area contributed by atoms with Crippen LogP contribution in [0.4, 0.5) is 4.39 Å². The highest BCUT2D eigenvalue weighted by Crippen LogP contribution is 2.32. The SMILES string of the molecule is Oc1cc2ccc(F)cc2nc1C1CCOC1. The first-order chi connectivity index (χ1) is 8.24. The molecule has 3 nitrogen and oxygen atoms in total. The van der Waals surface area contributed by atoms with Crippen molar-refractivity contribution < 1.29 is 14.2 Å². The van der Waals surface area contributed by atoms with Gasteiger partial charge in [0.15, 0.2) is 0 Å². The Hall–Kier alpha value is -1.68. The van der Waals surface area contributed by atoms with Crippen LogP contribution < -0.4 is 0 Å². The van der Waals surface area contributed by atoms with Crippen molar-refractivity contribution in [3.63, 3.8) is 0 Å². The van der Waals surface area contributed by atoms with Gasteiger partial charge in [-0.05, 0) is 24.6 Å². The normalized spacial score (nSPS) is 19.9. The molecule has 2 heterocycles. The molecule has 1 aliphatic rings. The Balaban J connectivity index is 2.14. The summed E-state index contributed by atoms with van der Waals surface area (Å²) >= 11 is 0. The van der Waals surface area contributed by atoms with Gasteiger partial charge in [-0.25, -0.2) is 9.37 Å². The molecular formula is C13H12FNO2. The predicted molar refractivity (Wildman–Crippen MR) is 61.5 cm³/mol. The van der Waals surface area contributed by atoms with Crippen LogP contribution in [0.1, 0.15) is 18.0 Å². The number of hydrogen-bond acceptors (Lipinski definition) is 3. The van der Waals surface area contributed by atoms with E-state index < -0.39 is 0 Å². The van der Waals surface area contributed by atoms with E-state index >= 15 is 0 Å². The van der Waals surface area contributed by atoms with Crippen LogP contribution in [0.5, 0.6) is 5.75 Å². The van der Waals surface area contributed by atoms with E-state index in [0.717, 1.165) is 11.8 Å². The molecule has 1 saturated heterocycles. The van der Waals surface area contributed by atoms with E-state index in [2.05, 4.69) is 4.98 Å². The summed E-state index contributed by atoms with van der Waals surface area (Å²) in [5.41, 5.74) is 1.19. The van der Waals surface area contributed by atoms with Crippen LogP contribution >= 0.6 is 0 Å². The molecule has 4 heteroatoms. The number of nitrogens with zero attached hydrogens (tertiary/aromatic N) is 1. The first-order valence-electron chi connectivity index (χ1n) is 5.61. The van der Waals surface area contributed by atoms with Crippen molar-refractivity contribution in [1.82, 2.24) is 4.98 Å². The van der Waals surface area contributed by atoms with E-state index in [1.54, 1.807) is 12.1 Å². The second kappa shape index (κ2) is 3.96. The number of benzene rings is 1. The molecule has 1 N–H and O–H groups in total. The number of halogens is 1. The van der Waals surface area contributed by atoms with Gasteiger partial charge in [0, 0.05) is 24.0 Å². The molecule has 1 aromatic carbocycles. The maximum Gasteiger partial charge on any atom is 0.138 e. The number of hydrogen-bond donors (Lipinski definition) is 1. The summed E-state index contributed by atoms with van der Waals surface area (Å²) in [6.07, 6.45) is 0.849. The topological polar surface area (TPSA) is 42.4 Å².